The molecule has 2 unspecified atom stereocenters. The van der Waals surface area contributed by atoms with Gasteiger partial charge in [-0.25, -0.2) is 4.39 Å². The van der Waals surface area contributed by atoms with E-state index in [9.17, 15) is 14.0 Å². The highest BCUT2D eigenvalue weighted by molar-refractivity contribution is 5.94. The Labute approximate surface area is 187 Å². The van der Waals surface area contributed by atoms with Crippen molar-refractivity contribution in [1.82, 2.24) is 10.2 Å². The molecule has 32 heavy (non-hydrogen) atoms. The third-order valence-corrected chi connectivity index (χ3v) is 6.76. The summed E-state index contributed by atoms with van der Waals surface area (Å²) in [6, 6.07) is 14.3. The van der Waals surface area contributed by atoms with Crippen molar-refractivity contribution in [2.45, 2.75) is 25.3 Å². The Morgan fingerprint density at radius 1 is 1.00 bits per heavy atom. The molecule has 2 heterocycles. The Bertz CT molecular complexity index is 1010. The minimum atomic E-state index is -0.285. The topological polar surface area (TPSA) is 64.7 Å². The van der Waals surface area contributed by atoms with Crippen LogP contribution in [0.3, 0.4) is 0 Å². The van der Waals surface area contributed by atoms with Gasteiger partial charge >= 0.3 is 0 Å². The Balaban J connectivity index is 1.27. The van der Waals surface area contributed by atoms with Gasteiger partial charge in [-0.3, -0.25) is 9.59 Å². The van der Waals surface area contributed by atoms with Crippen LogP contribution < -0.4 is 15.5 Å². The second kappa shape index (κ2) is 8.90. The number of halogens is 1. The number of benzene rings is 2. The quantitative estimate of drug-likeness (QED) is 0.756. The molecule has 2 N–H and O–H groups in total. The van der Waals surface area contributed by atoms with Gasteiger partial charge < -0.3 is 20.4 Å². The van der Waals surface area contributed by atoms with Crippen molar-refractivity contribution in [2.24, 2.45) is 11.8 Å². The Morgan fingerprint density at radius 2 is 1.84 bits per heavy atom. The van der Waals surface area contributed by atoms with Crippen LogP contribution in [0.4, 0.5) is 15.8 Å². The lowest BCUT2D eigenvalue weighted by atomic mass is 9.99. The van der Waals surface area contributed by atoms with E-state index >= 15 is 0 Å². The maximum Gasteiger partial charge on any atom is 0.228 e. The average Bonchev–Trinajstić information content (AvgIpc) is 3.56. The number of anilines is 2. The van der Waals surface area contributed by atoms with E-state index in [0.29, 0.717) is 25.2 Å². The maximum atomic E-state index is 14.4. The smallest absolute Gasteiger partial charge is 0.228 e. The summed E-state index contributed by atoms with van der Waals surface area (Å²) in [4.78, 5) is 29.6. The van der Waals surface area contributed by atoms with E-state index in [0.717, 1.165) is 43.7 Å². The molecule has 2 atom stereocenters. The Hall–Kier alpha value is -2.93. The summed E-state index contributed by atoms with van der Waals surface area (Å²) in [5, 5.41) is 6.30. The van der Waals surface area contributed by atoms with Crippen molar-refractivity contribution in [2.75, 3.05) is 42.9 Å². The summed E-state index contributed by atoms with van der Waals surface area (Å²) in [6.45, 7) is 3.28. The van der Waals surface area contributed by atoms with Crippen molar-refractivity contribution in [3.8, 4) is 0 Å². The molecule has 2 amide bonds. The van der Waals surface area contributed by atoms with Crippen LogP contribution in [0.1, 0.15) is 30.9 Å². The van der Waals surface area contributed by atoms with Gasteiger partial charge in [-0.1, -0.05) is 24.3 Å². The number of carbonyl (C=O) groups is 2. The first-order valence-electron chi connectivity index (χ1n) is 11.5. The molecule has 0 spiro atoms. The summed E-state index contributed by atoms with van der Waals surface area (Å²) < 4.78 is 14.4. The molecule has 0 radical (unpaired) electrons. The highest BCUT2D eigenvalue weighted by Crippen LogP contribution is 2.33. The zero-order chi connectivity index (χ0) is 22.1. The summed E-state index contributed by atoms with van der Waals surface area (Å²) in [7, 11) is 0. The first kappa shape index (κ1) is 20.9. The average molecular weight is 437 g/mol. The number of rotatable bonds is 5. The van der Waals surface area contributed by atoms with E-state index in [1.54, 1.807) is 12.1 Å². The Kier molecular flexibility index (Phi) is 5.83. The van der Waals surface area contributed by atoms with Crippen LogP contribution in [0, 0.1) is 17.7 Å². The van der Waals surface area contributed by atoms with Crippen LogP contribution in [-0.4, -0.2) is 49.4 Å². The molecule has 2 aromatic carbocycles. The van der Waals surface area contributed by atoms with Gasteiger partial charge in [0.1, 0.15) is 5.82 Å². The van der Waals surface area contributed by atoms with Crippen molar-refractivity contribution < 1.29 is 14.0 Å². The number of hydrogen-bond acceptors (Lipinski definition) is 4. The molecule has 1 aliphatic carbocycles. The molecule has 0 bridgehead atoms. The molecule has 3 aliphatic rings. The molecule has 168 valence electrons. The second-order valence-corrected chi connectivity index (χ2v) is 9.02. The SMILES string of the molecule is O=C(Nc1cccc(N2CCC(C(=O)N3CCNCC3c3ccccc3F)C2)c1)C1CC1. The van der Waals surface area contributed by atoms with Gasteiger partial charge in [0.05, 0.1) is 12.0 Å². The standard InChI is InChI=1S/C25H29FN4O2/c26-22-7-2-1-6-21(22)23-15-27-11-13-30(23)25(32)18-10-12-29(16-18)20-5-3-4-19(14-20)28-24(31)17-8-9-17/h1-7,14,17-18,23,27H,8-13,15-16H2,(H,28,31). The minimum Gasteiger partial charge on any atom is -0.371 e. The van der Waals surface area contributed by atoms with Gasteiger partial charge in [-0.15, -0.1) is 0 Å². The van der Waals surface area contributed by atoms with Crippen LogP contribution in [0.5, 0.6) is 0 Å². The number of nitrogens with one attached hydrogen (secondary N) is 2. The van der Waals surface area contributed by atoms with E-state index in [1.807, 2.05) is 35.2 Å². The summed E-state index contributed by atoms with van der Waals surface area (Å²) in [5.41, 5.74) is 2.39. The van der Waals surface area contributed by atoms with Crippen LogP contribution >= 0.6 is 0 Å². The number of hydrogen-bond donors (Lipinski definition) is 2. The van der Waals surface area contributed by atoms with E-state index in [1.165, 1.54) is 6.07 Å². The first-order valence-corrected chi connectivity index (χ1v) is 11.5. The van der Waals surface area contributed by atoms with Gasteiger partial charge in [0.25, 0.3) is 0 Å². The van der Waals surface area contributed by atoms with Crippen LogP contribution in [0.15, 0.2) is 48.5 Å². The summed E-state index contributed by atoms with van der Waals surface area (Å²) in [6.07, 6.45) is 2.72. The second-order valence-electron chi connectivity index (χ2n) is 9.02. The fourth-order valence-corrected chi connectivity index (χ4v) is 4.79. The lowest BCUT2D eigenvalue weighted by Gasteiger charge is -2.38. The molecule has 6 nitrogen and oxygen atoms in total. The van der Waals surface area contributed by atoms with Crippen LogP contribution in [-0.2, 0) is 9.59 Å². The molecule has 5 rings (SSSR count). The molecule has 3 fully saturated rings. The molecule has 2 saturated heterocycles. The highest BCUT2D eigenvalue weighted by Gasteiger charge is 2.37. The molecular weight excluding hydrogens is 407 g/mol. The van der Waals surface area contributed by atoms with Crippen molar-refractivity contribution in [3.05, 3.63) is 59.9 Å². The lowest BCUT2D eigenvalue weighted by Crippen LogP contribution is -2.51. The fourth-order valence-electron chi connectivity index (χ4n) is 4.79. The Morgan fingerprint density at radius 3 is 2.66 bits per heavy atom. The number of amides is 2. The normalized spacial score (nSPS) is 23.3. The van der Waals surface area contributed by atoms with E-state index in [2.05, 4.69) is 15.5 Å². The molecule has 2 aromatic rings. The third kappa shape index (κ3) is 4.35. The van der Waals surface area contributed by atoms with E-state index < -0.39 is 0 Å². The summed E-state index contributed by atoms with van der Waals surface area (Å²) in [5.74, 6) is -0.0342. The minimum absolute atomic E-state index is 0.0921. The maximum absolute atomic E-state index is 14.4. The summed E-state index contributed by atoms with van der Waals surface area (Å²) >= 11 is 0. The van der Waals surface area contributed by atoms with Gasteiger partial charge in [-0.05, 0) is 43.5 Å². The number of nitrogens with zero attached hydrogens (tertiary/aromatic N) is 2. The largest absolute Gasteiger partial charge is 0.371 e. The van der Waals surface area contributed by atoms with E-state index in [4.69, 9.17) is 0 Å². The predicted molar refractivity (Wildman–Crippen MR) is 122 cm³/mol. The zero-order valence-electron chi connectivity index (χ0n) is 18.1. The predicted octanol–water partition coefficient (Wildman–Crippen LogP) is 3.17. The molecule has 2 aliphatic heterocycles. The van der Waals surface area contributed by atoms with Crippen molar-refractivity contribution >= 4 is 23.2 Å². The van der Waals surface area contributed by atoms with Gasteiger partial charge in [0.2, 0.25) is 11.8 Å². The first-order chi connectivity index (χ1) is 15.6. The molecule has 0 aromatic heterocycles. The van der Waals surface area contributed by atoms with Gasteiger partial charge in [0.15, 0.2) is 0 Å². The van der Waals surface area contributed by atoms with Crippen molar-refractivity contribution in [3.63, 3.8) is 0 Å². The van der Waals surface area contributed by atoms with E-state index in [-0.39, 0.29) is 35.5 Å². The lowest BCUT2D eigenvalue weighted by molar-refractivity contribution is -0.138. The van der Waals surface area contributed by atoms with Crippen LogP contribution in [0.2, 0.25) is 0 Å². The van der Waals surface area contributed by atoms with Crippen LogP contribution in [0.25, 0.3) is 0 Å². The fraction of sp³-hybridized carbons (Fsp3) is 0.440. The molecule has 1 saturated carbocycles. The zero-order valence-corrected chi connectivity index (χ0v) is 18.1. The number of carbonyl (C=O) groups excluding carboxylic acids is 2. The number of piperazine rings is 1. The highest BCUT2D eigenvalue weighted by atomic mass is 19.1. The third-order valence-electron chi connectivity index (χ3n) is 6.76. The monoisotopic (exact) mass is 436 g/mol. The van der Waals surface area contributed by atoms with Crippen molar-refractivity contribution in [1.29, 1.82) is 0 Å². The van der Waals surface area contributed by atoms with Gasteiger partial charge in [0, 0.05) is 55.6 Å². The molecular formula is C25H29FN4O2. The molecule has 7 heteroatoms. The van der Waals surface area contributed by atoms with Gasteiger partial charge in [-0.2, -0.15) is 0 Å².